The van der Waals surface area contributed by atoms with Crippen molar-refractivity contribution in [1.29, 1.82) is 0 Å². The number of alkyl halides is 3. The Morgan fingerprint density at radius 2 is 2.03 bits per heavy atom. The zero-order chi connectivity index (χ0) is 21.0. The number of anilines is 1. The fourth-order valence-corrected chi connectivity index (χ4v) is 2.97. The molecule has 152 valence electrons. The number of amides is 2. The maximum Gasteiger partial charge on any atom is 0.417 e. The smallest absolute Gasteiger partial charge is 0.417 e. The van der Waals surface area contributed by atoms with E-state index in [-0.39, 0.29) is 12.1 Å². The molecule has 29 heavy (non-hydrogen) atoms. The highest BCUT2D eigenvalue weighted by atomic mass is 35.5. The second kappa shape index (κ2) is 8.57. The number of ether oxygens (including phenoxy) is 1. The molecule has 1 saturated heterocycles. The van der Waals surface area contributed by atoms with Crippen molar-refractivity contribution < 1.29 is 27.5 Å². The summed E-state index contributed by atoms with van der Waals surface area (Å²) in [6.07, 6.45) is -2.58. The lowest BCUT2D eigenvalue weighted by molar-refractivity contribution is -0.137. The average molecular weight is 425 g/mol. The van der Waals surface area contributed by atoms with Gasteiger partial charge in [-0.3, -0.25) is 9.69 Å². The molecule has 1 heterocycles. The van der Waals surface area contributed by atoms with Crippen molar-refractivity contribution in [2.24, 2.45) is 0 Å². The van der Waals surface area contributed by atoms with E-state index < -0.39 is 28.8 Å². The summed E-state index contributed by atoms with van der Waals surface area (Å²) >= 11 is 5.57. The third kappa shape index (κ3) is 5.29. The Labute approximate surface area is 169 Å². The number of benzene rings is 2. The summed E-state index contributed by atoms with van der Waals surface area (Å²) in [5, 5.41) is 2.24. The number of halogens is 4. The summed E-state index contributed by atoms with van der Waals surface area (Å²) in [5.74, 6) is -0.473. The van der Waals surface area contributed by atoms with Crippen molar-refractivity contribution in [2.75, 3.05) is 18.1 Å². The first kappa shape index (κ1) is 20.7. The van der Waals surface area contributed by atoms with Crippen LogP contribution in [0.15, 0.2) is 48.5 Å². The van der Waals surface area contributed by atoms with Crippen LogP contribution in [-0.2, 0) is 22.3 Å². The molecule has 2 aromatic rings. The third-order valence-electron chi connectivity index (χ3n) is 4.17. The summed E-state index contributed by atoms with van der Waals surface area (Å²) < 4.78 is 43.6. The molecule has 0 radical (unpaired) electrons. The number of nitrogens with zero attached hydrogens (tertiary/aromatic N) is 1. The lowest BCUT2D eigenvalue weighted by Gasteiger charge is -2.14. The van der Waals surface area contributed by atoms with E-state index in [0.29, 0.717) is 18.8 Å². The van der Waals surface area contributed by atoms with Crippen LogP contribution in [0.3, 0.4) is 0 Å². The number of nitrogens with one attached hydrogen (secondary N) is 1. The zero-order valence-corrected chi connectivity index (χ0v) is 15.8. The maximum atomic E-state index is 12.9. The number of carbonyl (C=O) groups excluding carboxylic acids is 2. The van der Waals surface area contributed by atoms with Gasteiger partial charge in [0.1, 0.15) is 6.61 Å². The predicted molar refractivity (Wildman–Crippen MR) is 102 cm³/mol. The minimum Gasteiger partial charge on any atom is -0.447 e. The SMILES string of the molecule is O=C(C=Cc1ccc(Cl)c(C(F)(F)F)c1)NCc1cccc(N2CCOC2=O)c1. The number of hydrogen-bond acceptors (Lipinski definition) is 3. The van der Waals surface area contributed by atoms with Crippen molar-refractivity contribution in [1.82, 2.24) is 5.32 Å². The zero-order valence-electron chi connectivity index (χ0n) is 15.0. The highest BCUT2D eigenvalue weighted by molar-refractivity contribution is 6.31. The molecule has 0 saturated carbocycles. The van der Waals surface area contributed by atoms with Gasteiger partial charge in [0.25, 0.3) is 0 Å². The van der Waals surface area contributed by atoms with E-state index in [4.69, 9.17) is 16.3 Å². The fraction of sp³-hybridized carbons (Fsp3) is 0.200. The standard InChI is InChI=1S/C20H16ClF3N2O3/c21-17-6-4-13(11-16(17)20(22,23)24)5-7-18(27)25-12-14-2-1-3-15(10-14)26-8-9-29-19(26)28/h1-7,10-11H,8-9,12H2,(H,25,27). The molecule has 1 fully saturated rings. The lowest BCUT2D eigenvalue weighted by Crippen LogP contribution is -2.24. The molecule has 5 nitrogen and oxygen atoms in total. The summed E-state index contributed by atoms with van der Waals surface area (Å²) in [6.45, 7) is 0.970. The maximum absolute atomic E-state index is 12.9. The largest absolute Gasteiger partial charge is 0.447 e. The number of carbonyl (C=O) groups is 2. The molecular weight excluding hydrogens is 409 g/mol. The molecule has 1 aliphatic heterocycles. The van der Waals surface area contributed by atoms with E-state index >= 15 is 0 Å². The lowest BCUT2D eigenvalue weighted by atomic mass is 10.1. The number of rotatable bonds is 5. The number of hydrogen-bond donors (Lipinski definition) is 1. The van der Waals surface area contributed by atoms with Crippen LogP contribution in [0.5, 0.6) is 0 Å². The van der Waals surface area contributed by atoms with Gasteiger partial charge in [-0.15, -0.1) is 0 Å². The van der Waals surface area contributed by atoms with Crippen LogP contribution >= 0.6 is 11.6 Å². The van der Waals surface area contributed by atoms with Crippen molar-refractivity contribution in [3.63, 3.8) is 0 Å². The fourth-order valence-electron chi connectivity index (χ4n) is 2.75. The van der Waals surface area contributed by atoms with Crippen LogP contribution in [0.2, 0.25) is 5.02 Å². The number of cyclic esters (lactones) is 1. The highest BCUT2D eigenvalue weighted by Crippen LogP contribution is 2.35. The van der Waals surface area contributed by atoms with E-state index in [0.717, 1.165) is 23.8 Å². The first-order valence-electron chi connectivity index (χ1n) is 8.60. The average Bonchev–Trinajstić information content (AvgIpc) is 3.11. The van der Waals surface area contributed by atoms with Gasteiger partial charge in [0.2, 0.25) is 5.91 Å². The Bertz CT molecular complexity index is 960. The topological polar surface area (TPSA) is 58.6 Å². The van der Waals surface area contributed by atoms with Crippen molar-refractivity contribution in [3.8, 4) is 0 Å². The molecule has 0 atom stereocenters. The van der Waals surface area contributed by atoms with E-state index in [1.807, 2.05) is 0 Å². The third-order valence-corrected chi connectivity index (χ3v) is 4.50. The molecule has 9 heteroatoms. The van der Waals surface area contributed by atoms with E-state index in [9.17, 15) is 22.8 Å². The molecule has 3 rings (SSSR count). The summed E-state index contributed by atoms with van der Waals surface area (Å²) in [7, 11) is 0. The van der Waals surface area contributed by atoms with Gasteiger partial charge < -0.3 is 10.1 Å². The first-order valence-corrected chi connectivity index (χ1v) is 8.98. The molecule has 2 aromatic carbocycles. The van der Waals surface area contributed by atoms with Gasteiger partial charge in [0.05, 0.1) is 17.1 Å². The van der Waals surface area contributed by atoms with Gasteiger partial charge >= 0.3 is 12.3 Å². The van der Waals surface area contributed by atoms with Crippen molar-refractivity contribution in [2.45, 2.75) is 12.7 Å². The molecule has 1 aliphatic rings. The summed E-state index contributed by atoms with van der Waals surface area (Å²) in [6, 6.07) is 10.5. The molecule has 0 aromatic heterocycles. The second-order valence-electron chi connectivity index (χ2n) is 6.22. The monoisotopic (exact) mass is 424 g/mol. The van der Waals surface area contributed by atoms with Crippen LogP contribution < -0.4 is 10.2 Å². The highest BCUT2D eigenvalue weighted by Gasteiger charge is 2.33. The molecular formula is C20H16ClF3N2O3. The van der Waals surface area contributed by atoms with E-state index in [2.05, 4.69) is 5.32 Å². The van der Waals surface area contributed by atoms with Crippen LogP contribution in [0.1, 0.15) is 16.7 Å². The van der Waals surface area contributed by atoms with Crippen molar-refractivity contribution >= 4 is 35.4 Å². The quantitative estimate of drug-likeness (QED) is 0.711. The Morgan fingerprint density at radius 1 is 1.24 bits per heavy atom. The first-order chi connectivity index (χ1) is 13.7. The molecule has 0 aliphatic carbocycles. The molecule has 2 amide bonds. The van der Waals surface area contributed by atoms with E-state index in [1.165, 1.54) is 17.0 Å². The molecule has 0 spiro atoms. The van der Waals surface area contributed by atoms with Gasteiger partial charge in [-0.25, -0.2) is 4.79 Å². The Morgan fingerprint density at radius 3 is 2.72 bits per heavy atom. The van der Waals surface area contributed by atoms with Gasteiger partial charge in [-0.1, -0.05) is 29.8 Å². The van der Waals surface area contributed by atoms with Gasteiger partial charge in [-0.2, -0.15) is 13.2 Å². The van der Waals surface area contributed by atoms with Gasteiger partial charge in [-0.05, 0) is 41.5 Å². The summed E-state index contributed by atoms with van der Waals surface area (Å²) in [4.78, 5) is 25.1. The van der Waals surface area contributed by atoms with Crippen LogP contribution in [0, 0.1) is 0 Å². The molecule has 1 N–H and O–H groups in total. The van der Waals surface area contributed by atoms with Gasteiger partial charge in [0, 0.05) is 18.3 Å². The minimum absolute atomic E-state index is 0.189. The normalized spacial score (nSPS) is 14.3. The predicted octanol–water partition coefficient (Wildman–Crippen LogP) is 4.65. The second-order valence-corrected chi connectivity index (χ2v) is 6.63. The van der Waals surface area contributed by atoms with E-state index in [1.54, 1.807) is 24.3 Å². The van der Waals surface area contributed by atoms with Crippen LogP contribution in [0.4, 0.5) is 23.7 Å². The van der Waals surface area contributed by atoms with Crippen LogP contribution in [-0.4, -0.2) is 25.2 Å². The Balaban J connectivity index is 1.61. The Kier molecular flexibility index (Phi) is 6.12. The summed E-state index contributed by atoms with van der Waals surface area (Å²) in [5.41, 5.74) is 0.663. The molecule has 0 bridgehead atoms. The minimum atomic E-state index is -4.57. The molecule has 0 unspecified atom stereocenters. The van der Waals surface area contributed by atoms with Gasteiger partial charge in [0.15, 0.2) is 0 Å². The Hall–Kier alpha value is -3.00. The van der Waals surface area contributed by atoms with Crippen LogP contribution in [0.25, 0.3) is 6.08 Å². The van der Waals surface area contributed by atoms with Crippen molar-refractivity contribution in [3.05, 3.63) is 70.3 Å².